The van der Waals surface area contributed by atoms with E-state index >= 15 is 0 Å². The SMILES string of the molecule is [Sn].c1csnn1. The molecule has 2 nitrogen and oxygen atoms in total. The van der Waals surface area contributed by atoms with Crippen molar-refractivity contribution in [2.75, 3.05) is 0 Å². The van der Waals surface area contributed by atoms with Crippen molar-refractivity contribution in [3.63, 3.8) is 0 Å². The zero-order valence-electron chi connectivity index (χ0n) is 2.96. The molecular formula is C2H2N2SSn. The molecule has 0 aromatic carbocycles. The maximum absolute atomic E-state index is 3.51. The summed E-state index contributed by atoms with van der Waals surface area (Å²) in [5.74, 6) is 0. The monoisotopic (exact) mass is 206 g/mol. The maximum atomic E-state index is 3.51. The molecule has 0 saturated carbocycles. The molecular weight excluding hydrogens is 203 g/mol. The Morgan fingerprint density at radius 3 is 2.50 bits per heavy atom. The first kappa shape index (κ1) is 6.36. The van der Waals surface area contributed by atoms with Gasteiger partial charge in [0.2, 0.25) is 0 Å². The second kappa shape index (κ2) is 3.55. The Balaban J connectivity index is 0.000000250. The van der Waals surface area contributed by atoms with Crippen molar-refractivity contribution >= 4 is 35.4 Å². The average molecular weight is 205 g/mol. The molecule has 0 aliphatic carbocycles. The van der Waals surface area contributed by atoms with Crippen molar-refractivity contribution in [1.82, 2.24) is 9.59 Å². The van der Waals surface area contributed by atoms with Crippen LogP contribution in [0.3, 0.4) is 0 Å². The predicted molar refractivity (Wildman–Crippen MR) is 25.7 cm³/mol. The molecule has 0 saturated heterocycles. The zero-order valence-corrected chi connectivity index (χ0v) is 6.63. The maximum Gasteiger partial charge on any atom is 0.0620 e. The largest absolute Gasteiger partial charge is 0.147 e. The van der Waals surface area contributed by atoms with Gasteiger partial charge in [-0.15, -0.1) is 5.10 Å². The van der Waals surface area contributed by atoms with Crippen LogP contribution < -0.4 is 0 Å². The molecule has 0 unspecified atom stereocenters. The van der Waals surface area contributed by atoms with Gasteiger partial charge in [0.15, 0.2) is 0 Å². The van der Waals surface area contributed by atoms with Gasteiger partial charge in [-0.2, -0.15) is 0 Å². The Hall–Kier alpha value is 0.359. The Morgan fingerprint density at radius 2 is 2.33 bits per heavy atom. The minimum atomic E-state index is 0. The summed E-state index contributed by atoms with van der Waals surface area (Å²) in [6, 6.07) is 0. The third-order valence-electron chi connectivity index (χ3n) is 0.283. The van der Waals surface area contributed by atoms with Gasteiger partial charge in [0.1, 0.15) is 0 Å². The van der Waals surface area contributed by atoms with Crippen LogP contribution in [-0.2, 0) is 0 Å². The normalized spacial score (nSPS) is 6.67. The van der Waals surface area contributed by atoms with Gasteiger partial charge in [-0.25, -0.2) is 0 Å². The fourth-order valence-corrected chi connectivity index (χ4v) is 0.408. The fourth-order valence-electron chi connectivity index (χ4n) is 0.136. The molecule has 0 aliphatic rings. The number of aromatic nitrogens is 2. The summed E-state index contributed by atoms with van der Waals surface area (Å²) in [5.41, 5.74) is 0. The van der Waals surface area contributed by atoms with Crippen LogP contribution in [0.25, 0.3) is 0 Å². The van der Waals surface area contributed by atoms with Gasteiger partial charge in [0.25, 0.3) is 0 Å². The van der Waals surface area contributed by atoms with Crippen LogP contribution in [0.5, 0.6) is 0 Å². The number of hydrogen-bond donors (Lipinski definition) is 0. The molecule has 4 radical (unpaired) electrons. The van der Waals surface area contributed by atoms with Crippen LogP contribution in [0, 0.1) is 0 Å². The van der Waals surface area contributed by atoms with E-state index in [9.17, 15) is 0 Å². The Morgan fingerprint density at radius 1 is 1.50 bits per heavy atom. The summed E-state index contributed by atoms with van der Waals surface area (Å²) < 4.78 is 3.51. The predicted octanol–water partition coefficient (Wildman–Crippen LogP) is 0.157. The summed E-state index contributed by atoms with van der Waals surface area (Å²) in [6.07, 6.45) is 1.66. The first-order valence-electron chi connectivity index (χ1n) is 1.21. The van der Waals surface area contributed by atoms with Crippen LogP contribution in [0.1, 0.15) is 0 Å². The second-order valence-corrected chi connectivity index (χ2v) is 1.23. The van der Waals surface area contributed by atoms with Crippen LogP contribution in [0.2, 0.25) is 0 Å². The summed E-state index contributed by atoms with van der Waals surface area (Å²) in [4.78, 5) is 0. The fraction of sp³-hybridized carbons (Fsp3) is 0. The first-order valence-corrected chi connectivity index (χ1v) is 2.05. The van der Waals surface area contributed by atoms with Gasteiger partial charge >= 0.3 is 0 Å². The van der Waals surface area contributed by atoms with Crippen molar-refractivity contribution in [2.24, 2.45) is 0 Å². The molecule has 0 aliphatic heterocycles. The van der Waals surface area contributed by atoms with E-state index in [1.54, 1.807) is 6.20 Å². The van der Waals surface area contributed by atoms with Crippen LogP contribution in [0.4, 0.5) is 0 Å². The molecule has 0 bridgehead atoms. The van der Waals surface area contributed by atoms with E-state index in [1.165, 1.54) is 11.5 Å². The third-order valence-corrected chi connectivity index (χ3v) is 0.715. The average Bonchev–Trinajstić information content (AvgIpc) is 1.76. The summed E-state index contributed by atoms with van der Waals surface area (Å²) in [7, 11) is 0. The van der Waals surface area contributed by atoms with Gasteiger partial charge in [0, 0.05) is 29.3 Å². The minimum Gasteiger partial charge on any atom is -0.147 e. The molecule has 1 rings (SSSR count). The molecule has 1 heterocycles. The second-order valence-electron chi connectivity index (χ2n) is 0.588. The van der Waals surface area contributed by atoms with Crippen molar-refractivity contribution in [1.29, 1.82) is 0 Å². The molecule has 6 heavy (non-hydrogen) atoms. The Kier molecular flexibility index (Phi) is 3.76. The number of rotatable bonds is 0. The van der Waals surface area contributed by atoms with Gasteiger partial charge in [-0.3, -0.25) is 0 Å². The zero-order chi connectivity index (χ0) is 3.54. The molecule has 4 heteroatoms. The van der Waals surface area contributed by atoms with E-state index < -0.39 is 0 Å². The van der Waals surface area contributed by atoms with Crippen LogP contribution in [0.15, 0.2) is 11.6 Å². The molecule has 1 aromatic rings. The van der Waals surface area contributed by atoms with E-state index in [0.717, 1.165) is 0 Å². The van der Waals surface area contributed by atoms with Crippen LogP contribution in [-0.4, -0.2) is 33.5 Å². The van der Waals surface area contributed by atoms with E-state index in [2.05, 4.69) is 9.59 Å². The van der Waals surface area contributed by atoms with E-state index in [0.29, 0.717) is 0 Å². The summed E-state index contributed by atoms with van der Waals surface area (Å²) in [6.45, 7) is 0. The van der Waals surface area contributed by atoms with Crippen molar-refractivity contribution in [3.8, 4) is 0 Å². The standard InChI is InChI=1S/C2H2N2S.Sn/c1-2-5-4-3-1;/h1-2H;. The van der Waals surface area contributed by atoms with Crippen molar-refractivity contribution in [3.05, 3.63) is 11.6 Å². The van der Waals surface area contributed by atoms with Gasteiger partial charge in [-0.05, 0) is 11.5 Å². The van der Waals surface area contributed by atoms with Gasteiger partial charge < -0.3 is 0 Å². The van der Waals surface area contributed by atoms with E-state index in [4.69, 9.17) is 0 Å². The van der Waals surface area contributed by atoms with E-state index in [1.807, 2.05) is 5.38 Å². The number of hydrogen-bond acceptors (Lipinski definition) is 3. The Bertz CT molecular complexity index is 68.0. The van der Waals surface area contributed by atoms with Crippen LogP contribution >= 0.6 is 11.5 Å². The smallest absolute Gasteiger partial charge is 0.0620 e. The molecule has 0 amide bonds. The third kappa shape index (κ3) is 1.71. The van der Waals surface area contributed by atoms with E-state index in [-0.39, 0.29) is 23.9 Å². The Labute approximate surface area is 56.7 Å². The van der Waals surface area contributed by atoms with Crippen molar-refractivity contribution in [2.45, 2.75) is 0 Å². The van der Waals surface area contributed by atoms with Gasteiger partial charge in [0.05, 0.1) is 6.20 Å². The van der Waals surface area contributed by atoms with Gasteiger partial charge in [-0.1, -0.05) is 4.49 Å². The molecule has 0 atom stereocenters. The minimum absolute atomic E-state index is 0. The van der Waals surface area contributed by atoms with Crippen molar-refractivity contribution < 1.29 is 0 Å². The summed E-state index contributed by atoms with van der Waals surface area (Å²) in [5, 5.41) is 5.31. The first-order chi connectivity index (χ1) is 2.50. The summed E-state index contributed by atoms with van der Waals surface area (Å²) >= 11 is 1.35. The molecule has 30 valence electrons. The molecule has 0 spiro atoms. The number of nitrogens with zero attached hydrogens (tertiary/aromatic N) is 2. The quantitative estimate of drug-likeness (QED) is 0.563. The molecule has 0 fully saturated rings. The topological polar surface area (TPSA) is 25.8 Å². The molecule has 0 N–H and O–H groups in total. The molecule has 1 aromatic heterocycles.